The van der Waals surface area contributed by atoms with Gasteiger partial charge in [-0.2, -0.15) is 0 Å². The lowest BCUT2D eigenvalue weighted by atomic mass is 10.1. The molecule has 0 unspecified atom stereocenters. The molecule has 118 valence electrons. The van der Waals surface area contributed by atoms with Crippen LogP contribution in [0.2, 0.25) is 0 Å². The van der Waals surface area contributed by atoms with Crippen molar-refractivity contribution < 1.29 is 9.15 Å². The van der Waals surface area contributed by atoms with E-state index in [-0.39, 0.29) is 0 Å². The molecule has 0 amide bonds. The minimum Gasteiger partial charge on any atom is -0.497 e. The Balaban J connectivity index is 1.57. The molecule has 0 spiro atoms. The minimum absolute atomic E-state index is 0.606. The van der Waals surface area contributed by atoms with Crippen LogP contribution in [0, 0.1) is 6.92 Å². The number of ether oxygens (including phenoxy) is 1. The Labute approximate surface area is 139 Å². The Bertz CT molecular complexity index is 751. The molecule has 0 fully saturated rings. The van der Waals surface area contributed by atoms with Gasteiger partial charge in [0.2, 0.25) is 5.89 Å². The quantitative estimate of drug-likeness (QED) is 0.633. The van der Waals surface area contributed by atoms with Crippen LogP contribution in [0.5, 0.6) is 5.75 Å². The molecule has 0 radical (unpaired) electrons. The molecular formula is C18H18N2O2S. The van der Waals surface area contributed by atoms with Gasteiger partial charge in [0.25, 0.3) is 5.22 Å². The normalized spacial score (nSPS) is 10.7. The monoisotopic (exact) mass is 326 g/mol. The predicted molar refractivity (Wildman–Crippen MR) is 90.8 cm³/mol. The number of benzene rings is 2. The molecule has 2 aromatic carbocycles. The van der Waals surface area contributed by atoms with Crippen LogP contribution >= 0.6 is 11.8 Å². The molecule has 3 rings (SSSR count). The topological polar surface area (TPSA) is 48.2 Å². The van der Waals surface area contributed by atoms with Crippen molar-refractivity contribution in [1.29, 1.82) is 0 Å². The maximum absolute atomic E-state index is 5.70. The third kappa shape index (κ3) is 4.36. The van der Waals surface area contributed by atoms with E-state index in [1.165, 1.54) is 11.1 Å². The lowest BCUT2D eigenvalue weighted by Gasteiger charge is -2.01. The van der Waals surface area contributed by atoms with Crippen LogP contribution < -0.4 is 4.74 Å². The molecule has 5 heteroatoms. The fourth-order valence-corrected chi connectivity index (χ4v) is 2.85. The third-order valence-electron chi connectivity index (χ3n) is 3.45. The van der Waals surface area contributed by atoms with Gasteiger partial charge in [-0.05, 0) is 30.2 Å². The van der Waals surface area contributed by atoms with Crippen molar-refractivity contribution in [3.63, 3.8) is 0 Å². The van der Waals surface area contributed by atoms with E-state index in [0.717, 1.165) is 17.1 Å². The van der Waals surface area contributed by atoms with Gasteiger partial charge >= 0.3 is 0 Å². The SMILES string of the molecule is COc1ccc(Cc2nnc(SCc3ccc(C)cc3)o2)cc1. The van der Waals surface area contributed by atoms with E-state index in [4.69, 9.17) is 9.15 Å². The Morgan fingerprint density at radius 1 is 0.957 bits per heavy atom. The number of aryl methyl sites for hydroxylation is 1. The van der Waals surface area contributed by atoms with Crippen LogP contribution in [-0.4, -0.2) is 17.3 Å². The second kappa shape index (κ2) is 7.33. The zero-order valence-electron chi connectivity index (χ0n) is 13.2. The Kier molecular flexibility index (Phi) is 4.98. The minimum atomic E-state index is 0.606. The molecule has 0 atom stereocenters. The van der Waals surface area contributed by atoms with E-state index < -0.39 is 0 Å². The number of nitrogens with zero attached hydrogens (tertiary/aromatic N) is 2. The molecule has 23 heavy (non-hydrogen) atoms. The second-order valence-electron chi connectivity index (χ2n) is 5.26. The number of methoxy groups -OCH3 is 1. The predicted octanol–water partition coefficient (Wildman–Crippen LogP) is 4.27. The lowest BCUT2D eigenvalue weighted by molar-refractivity contribution is 0.413. The maximum atomic E-state index is 5.70. The van der Waals surface area contributed by atoms with E-state index in [9.17, 15) is 0 Å². The number of hydrogen-bond acceptors (Lipinski definition) is 5. The van der Waals surface area contributed by atoms with E-state index in [0.29, 0.717) is 17.5 Å². The zero-order valence-corrected chi connectivity index (χ0v) is 14.0. The summed E-state index contributed by atoms with van der Waals surface area (Å²) in [5.41, 5.74) is 3.62. The molecule has 0 saturated heterocycles. The average molecular weight is 326 g/mol. The van der Waals surface area contributed by atoms with Crippen LogP contribution in [0.4, 0.5) is 0 Å². The highest BCUT2D eigenvalue weighted by molar-refractivity contribution is 7.98. The third-order valence-corrected chi connectivity index (χ3v) is 4.34. The molecule has 0 aliphatic rings. The summed E-state index contributed by atoms with van der Waals surface area (Å²) in [7, 11) is 1.66. The largest absolute Gasteiger partial charge is 0.497 e. The molecule has 0 bridgehead atoms. The Hall–Kier alpha value is -2.27. The van der Waals surface area contributed by atoms with Crippen molar-refractivity contribution in [2.45, 2.75) is 24.3 Å². The molecule has 0 N–H and O–H groups in total. The Morgan fingerprint density at radius 2 is 1.65 bits per heavy atom. The van der Waals surface area contributed by atoms with Gasteiger partial charge < -0.3 is 9.15 Å². The van der Waals surface area contributed by atoms with Crippen molar-refractivity contribution in [3.8, 4) is 5.75 Å². The number of rotatable bonds is 6. The van der Waals surface area contributed by atoms with Crippen molar-refractivity contribution in [1.82, 2.24) is 10.2 Å². The second-order valence-corrected chi connectivity index (χ2v) is 6.19. The van der Waals surface area contributed by atoms with Gasteiger partial charge in [0, 0.05) is 5.75 Å². The highest BCUT2D eigenvalue weighted by atomic mass is 32.2. The van der Waals surface area contributed by atoms with Gasteiger partial charge in [-0.3, -0.25) is 0 Å². The first-order valence-corrected chi connectivity index (χ1v) is 8.35. The fourth-order valence-electron chi connectivity index (χ4n) is 2.12. The summed E-state index contributed by atoms with van der Waals surface area (Å²) in [5.74, 6) is 2.29. The summed E-state index contributed by atoms with van der Waals surface area (Å²) in [6.45, 7) is 2.08. The Morgan fingerprint density at radius 3 is 2.35 bits per heavy atom. The van der Waals surface area contributed by atoms with E-state index in [2.05, 4.69) is 41.4 Å². The molecule has 1 heterocycles. The van der Waals surface area contributed by atoms with Crippen LogP contribution in [-0.2, 0) is 12.2 Å². The van der Waals surface area contributed by atoms with Crippen molar-refractivity contribution in [2.75, 3.05) is 7.11 Å². The average Bonchev–Trinajstić information content (AvgIpc) is 3.02. The molecule has 0 saturated carbocycles. The van der Waals surface area contributed by atoms with Crippen LogP contribution in [0.3, 0.4) is 0 Å². The highest BCUT2D eigenvalue weighted by Gasteiger charge is 2.08. The van der Waals surface area contributed by atoms with Gasteiger partial charge in [0.1, 0.15) is 5.75 Å². The summed E-state index contributed by atoms with van der Waals surface area (Å²) in [4.78, 5) is 0. The molecule has 4 nitrogen and oxygen atoms in total. The lowest BCUT2D eigenvalue weighted by Crippen LogP contribution is -1.89. The van der Waals surface area contributed by atoms with E-state index in [1.54, 1.807) is 18.9 Å². The van der Waals surface area contributed by atoms with Gasteiger partial charge in [-0.25, -0.2) is 0 Å². The first-order valence-electron chi connectivity index (χ1n) is 7.36. The van der Waals surface area contributed by atoms with Crippen LogP contribution in [0.1, 0.15) is 22.6 Å². The summed E-state index contributed by atoms with van der Waals surface area (Å²) in [6.07, 6.45) is 0.627. The van der Waals surface area contributed by atoms with E-state index in [1.807, 2.05) is 24.3 Å². The number of hydrogen-bond donors (Lipinski definition) is 0. The van der Waals surface area contributed by atoms with Crippen molar-refractivity contribution in [2.24, 2.45) is 0 Å². The molecule has 1 aromatic heterocycles. The molecule has 0 aliphatic carbocycles. The first kappa shape index (κ1) is 15.6. The first-order chi connectivity index (χ1) is 11.2. The fraction of sp³-hybridized carbons (Fsp3) is 0.222. The summed E-state index contributed by atoms with van der Waals surface area (Å²) in [6, 6.07) is 16.3. The molecule has 0 aliphatic heterocycles. The van der Waals surface area contributed by atoms with Crippen molar-refractivity contribution in [3.05, 3.63) is 71.1 Å². The highest BCUT2D eigenvalue weighted by Crippen LogP contribution is 2.22. The van der Waals surface area contributed by atoms with Gasteiger partial charge in [0.05, 0.1) is 13.5 Å². The van der Waals surface area contributed by atoms with Gasteiger partial charge in [-0.1, -0.05) is 53.7 Å². The van der Waals surface area contributed by atoms with E-state index >= 15 is 0 Å². The maximum Gasteiger partial charge on any atom is 0.276 e. The summed E-state index contributed by atoms with van der Waals surface area (Å²) in [5, 5.41) is 8.82. The van der Waals surface area contributed by atoms with Crippen LogP contribution in [0.25, 0.3) is 0 Å². The van der Waals surface area contributed by atoms with Crippen molar-refractivity contribution >= 4 is 11.8 Å². The van der Waals surface area contributed by atoms with Gasteiger partial charge in [0.15, 0.2) is 0 Å². The molecule has 3 aromatic rings. The zero-order chi connectivity index (χ0) is 16.1. The standard InChI is InChI=1S/C18H18N2O2S/c1-13-3-5-15(6-4-13)12-23-18-20-19-17(22-18)11-14-7-9-16(21-2)10-8-14/h3-10H,11-12H2,1-2H3. The number of aromatic nitrogens is 2. The summed E-state index contributed by atoms with van der Waals surface area (Å²) >= 11 is 1.56. The summed E-state index contributed by atoms with van der Waals surface area (Å²) < 4.78 is 10.8. The molecular weight excluding hydrogens is 308 g/mol. The smallest absolute Gasteiger partial charge is 0.276 e. The number of thioether (sulfide) groups is 1. The van der Waals surface area contributed by atoms with Gasteiger partial charge in [-0.15, -0.1) is 10.2 Å². The van der Waals surface area contributed by atoms with Crippen LogP contribution in [0.15, 0.2) is 58.2 Å².